The molecule has 0 spiro atoms. The first-order chi connectivity index (χ1) is 15.6. The molecule has 0 aliphatic carbocycles. The zero-order chi connectivity index (χ0) is 22.5. The molecule has 0 saturated carbocycles. The minimum Gasteiger partial charge on any atom is -0.495 e. The molecule has 2 fully saturated rings. The Kier molecular flexibility index (Phi) is 7.15. The van der Waals surface area contributed by atoms with E-state index in [-0.39, 0.29) is 18.0 Å². The molecule has 1 N–H and O–H groups in total. The van der Waals surface area contributed by atoms with Gasteiger partial charge < -0.3 is 24.6 Å². The van der Waals surface area contributed by atoms with Crippen LogP contribution in [-0.2, 0) is 4.74 Å². The number of ether oxygens (including phenoxy) is 2. The molecule has 6 nitrogen and oxygen atoms in total. The number of nitrogens with zero attached hydrogens (tertiary/aromatic N) is 3. The fourth-order valence-electron chi connectivity index (χ4n) is 4.66. The van der Waals surface area contributed by atoms with Crippen LogP contribution in [0.3, 0.4) is 0 Å². The summed E-state index contributed by atoms with van der Waals surface area (Å²) < 4.78 is 25.0. The Bertz CT molecular complexity index is 920. The van der Waals surface area contributed by atoms with Gasteiger partial charge in [-0.25, -0.2) is 4.39 Å². The first-order valence-electron chi connectivity index (χ1n) is 11.3. The molecule has 2 aliphatic rings. The van der Waals surface area contributed by atoms with Crippen molar-refractivity contribution in [1.82, 2.24) is 10.2 Å². The minimum absolute atomic E-state index is 0.0601. The second kappa shape index (κ2) is 10.2. The maximum atomic E-state index is 13.3. The summed E-state index contributed by atoms with van der Waals surface area (Å²) in [5, 5.41) is 3.59. The number of hydrogen-bond donors (Lipinski definition) is 1. The van der Waals surface area contributed by atoms with Crippen molar-refractivity contribution in [1.29, 1.82) is 0 Å². The van der Waals surface area contributed by atoms with Gasteiger partial charge in [0.15, 0.2) is 5.96 Å². The largest absolute Gasteiger partial charge is 0.495 e. The van der Waals surface area contributed by atoms with Crippen LogP contribution in [-0.4, -0.2) is 63.8 Å². The summed E-state index contributed by atoms with van der Waals surface area (Å²) in [5.74, 6) is 2.11. The second-order valence-corrected chi connectivity index (χ2v) is 8.59. The minimum atomic E-state index is -0.231. The van der Waals surface area contributed by atoms with Gasteiger partial charge in [0.2, 0.25) is 0 Å². The van der Waals surface area contributed by atoms with Crippen LogP contribution in [0.2, 0.25) is 0 Å². The van der Waals surface area contributed by atoms with Crippen LogP contribution in [0.15, 0.2) is 53.5 Å². The highest BCUT2D eigenvalue weighted by atomic mass is 19.1. The van der Waals surface area contributed by atoms with E-state index in [0.717, 1.165) is 55.6 Å². The van der Waals surface area contributed by atoms with E-state index < -0.39 is 0 Å². The number of morpholine rings is 1. The van der Waals surface area contributed by atoms with E-state index in [0.29, 0.717) is 12.5 Å². The lowest BCUT2D eigenvalue weighted by molar-refractivity contribution is -0.0605. The Morgan fingerprint density at radius 2 is 1.94 bits per heavy atom. The van der Waals surface area contributed by atoms with Gasteiger partial charge in [0.25, 0.3) is 0 Å². The van der Waals surface area contributed by atoms with Gasteiger partial charge in [0.1, 0.15) is 17.7 Å². The van der Waals surface area contributed by atoms with Gasteiger partial charge in [-0.2, -0.15) is 0 Å². The maximum Gasteiger partial charge on any atom is 0.193 e. The number of aliphatic imine (C=N–C) groups is 1. The summed E-state index contributed by atoms with van der Waals surface area (Å²) in [6, 6.07) is 14.8. The van der Waals surface area contributed by atoms with E-state index >= 15 is 0 Å². The van der Waals surface area contributed by atoms with Crippen LogP contribution >= 0.6 is 0 Å². The molecule has 2 saturated heterocycles. The molecular formula is C25H33FN4O2. The Morgan fingerprint density at radius 3 is 2.69 bits per heavy atom. The number of guanidine groups is 1. The van der Waals surface area contributed by atoms with Gasteiger partial charge in [-0.3, -0.25) is 4.99 Å². The Balaban J connectivity index is 1.35. The number of anilines is 1. The van der Waals surface area contributed by atoms with Gasteiger partial charge in [-0.05, 0) is 49.1 Å². The van der Waals surface area contributed by atoms with Crippen molar-refractivity contribution in [3.05, 3.63) is 59.9 Å². The lowest BCUT2D eigenvalue weighted by Crippen LogP contribution is -2.51. The molecule has 2 aromatic rings. The molecule has 3 atom stereocenters. The molecule has 2 heterocycles. The van der Waals surface area contributed by atoms with Gasteiger partial charge in [-0.1, -0.05) is 24.3 Å². The SMILES string of the molecule is CN=C(NCC1CCN(c2ccccc2OC)C1)N1CC(C)OC(c2ccc(F)cc2)C1. The zero-order valence-electron chi connectivity index (χ0n) is 19.1. The molecule has 32 heavy (non-hydrogen) atoms. The van der Waals surface area contributed by atoms with Crippen molar-refractivity contribution in [2.45, 2.75) is 25.6 Å². The lowest BCUT2D eigenvalue weighted by atomic mass is 10.1. The third kappa shape index (κ3) is 5.15. The second-order valence-electron chi connectivity index (χ2n) is 8.59. The quantitative estimate of drug-likeness (QED) is 0.568. The van der Waals surface area contributed by atoms with Gasteiger partial charge in [-0.15, -0.1) is 0 Å². The molecule has 7 heteroatoms. The van der Waals surface area contributed by atoms with Crippen LogP contribution in [0.5, 0.6) is 5.75 Å². The predicted octanol–water partition coefficient (Wildman–Crippen LogP) is 3.70. The zero-order valence-corrected chi connectivity index (χ0v) is 19.1. The average Bonchev–Trinajstić information content (AvgIpc) is 3.28. The highest BCUT2D eigenvalue weighted by molar-refractivity contribution is 5.80. The summed E-state index contributed by atoms with van der Waals surface area (Å²) in [4.78, 5) is 9.18. The van der Waals surface area contributed by atoms with Gasteiger partial charge in [0, 0.05) is 33.2 Å². The third-order valence-corrected chi connectivity index (χ3v) is 6.27. The first-order valence-corrected chi connectivity index (χ1v) is 11.3. The fraction of sp³-hybridized carbons (Fsp3) is 0.480. The predicted molar refractivity (Wildman–Crippen MR) is 126 cm³/mol. The summed E-state index contributed by atoms with van der Waals surface area (Å²) in [5.41, 5.74) is 2.15. The highest BCUT2D eigenvalue weighted by Crippen LogP contribution is 2.32. The summed E-state index contributed by atoms with van der Waals surface area (Å²) in [6.07, 6.45) is 1.08. The van der Waals surface area contributed by atoms with Crippen LogP contribution in [0, 0.1) is 11.7 Å². The van der Waals surface area contributed by atoms with Crippen LogP contribution in [0.25, 0.3) is 0 Å². The molecule has 0 bridgehead atoms. The fourth-order valence-corrected chi connectivity index (χ4v) is 4.66. The van der Waals surface area contributed by atoms with Gasteiger partial charge >= 0.3 is 0 Å². The molecule has 2 aliphatic heterocycles. The number of halogens is 1. The normalized spacial score (nSPS) is 24.0. The number of para-hydroxylation sites is 2. The highest BCUT2D eigenvalue weighted by Gasteiger charge is 2.30. The van der Waals surface area contributed by atoms with Crippen LogP contribution in [0.4, 0.5) is 10.1 Å². The number of nitrogens with one attached hydrogen (secondary N) is 1. The average molecular weight is 441 g/mol. The third-order valence-electron chi connectivity index (χ3n) is 6.27. The van der Waals surface area contributed by atoms with E-state index in [2.05, 4.69) is 39.2 Å². The van der Waals surface area contributed by atoms with E-state index in [9.17, 15) is 4.39 Å². The smallest absolute Gasteiger partial charge is 0.193 e. The van der Waals surface area contributed by atoms with Crippen molar-refractivity contribution < 1.29 is 13.9 Å². The van der Waals surface area contributed by atoms with Crippen molar-refractivity contribution in [3.8, 4) is 5.75 Å². The summed E-state index contributed by atoms with van der Waals surface area (Å²) in [6.45, 7) is 6.40. The van der Waals surface area contributed by atoms with Crippen molar-refractivity contribution in [3.63, 3.8) is 0 Å². The lowest BCUT2D eigenvalue weighted by Gasteiger charge is -2.39. The first kappa shape index (κ1) is 22.4. The molecule has 0 amide bonds. The topological polar surface area (TPSA) is 49.3 Å². The Hall–Kier alpha value is -2.80. The van der Waals surface area contributed by atoms with Crippen molar-refractivity contribution in [2.24, 2.45) is 10.9 Å². The van der Waals surface area contributed by atoms with Crippen LogP contribution in [0.1, 0.15) is 25.0 Å². The van der Waals surface area contributed by atoms with E-state index in [1.165, 1.54) is 12.1 Å². The molecule has 0 radical (unpaired) electrons. The van der Waals surface area contributed by atoms with E-state index in [4.69, 9.17) is 9.47 Å². The number of methoxy groups -OCH3 is 1. The van der Waals surface area contributed by atoms with E-state index in [1.807, 2.05) is 19.2 Å². The van der Waals surface area contributed by atoms with Crippen molar-refractivity contribution >= 4 is 11.6 Å². The van der Waals surface area contributed by atoms with E-state index in [1.54, 1.807) is 19.2 Å². The number of rotatable bonds is 5. The summed E-state index contributed by atoms with van der Waals surface area (Å²) >= 11 is 0. The molecule has 3 unspecified atom stereocenters. The Labute approximate surface area is 190 Å². The molecular weight excluding hydrogens is 407 g/mol. The maximum absolute atomic E-state index is 13.3. The standard InChI is InChI=1S/C25H33FN4O2/c1-18-15-30(17-24(32-18)20-8-10-21(26)11-9-20)25(27-2)28-14-19-12-13-29(16-19)22-6-4-5-7-23(22)31-3/h4-11,18-19,24H,12-17H2,1-3H3,(H,27,28). The summed E-state index contributed by atoms with van der Waals surface area (Å²) in [7, 11) is 3.55. The van der Waals surface area contributed by atoms with Gasteiger partial charge in [0.05, 0.1) is 25.4 Å². The van der Waals surface area contributed by atoms with Crippen LogP contribution < -0.4 is 15.0 Å². The molecule has 4 rings (SSSR count). The number of hydrogen-bond acceptors (Lipinski definition) is 4. The molecule has 172 valence electrons. The van der Waals surface area contributed by atoms with Crippen molar-refractivity contribution in [2.75, 3.05) is 51.8 Å². The molecule has 2 aromatic carbocycles. The monoisotopic (exact) mass is 440 g/mol. The molecule has 0 aromatic heterocycles. The Morgan fingerprint density at radius 1 is 1.16 bits per heavy atom. The number of benzene rings is 2.